The summed E-state index contributed by atoms with van der Waals surface area (Å²) >= 11 is 0. The number of carbonyl (C=O) groups is 1. The van der Waals surface area contributed by atoms with Crippen LogP contribution in [0.2, 0.25) is 0 Å². The second-order valence-corrected chi connectivity index (χ2v) is 7.59. The summed E-state index contributed by atoms with van der Waals surface area (Å²) in [4.78, 5) is 14.3. The topological polar surface area (TPSA) is 90.6 Å². The number of hydrogen-bond donors (Lipinski definition) is 1. The molecule has 7 nitrogen and oxygen atoms in total. The Labute approximate surface area is 191 Å². The van der Waals surface area contributed by atoms with Crippen LogP contribution in [-0.4, -0.2) is 21.2 Å². The smallest absolute Gasteiger partial charge is 0.416 e. The molecule has 33 heavy (non-hydrogen) atoms. The van der Waals surface area contributed by atoms with E-state index in [0.717, 1.165) is 24.1 Å². The number of anilines is 1. The summed E-state index contributed by atoms with van der Waals surface area (Å²) in [5, 5.41) is 7.63. The largest absolute Gasteiger partial charge is 0.437 e. The zero-order chi connectivity index (χ0) is 23.6. The van der Waals surface area contributed by atoms with Crippen LogP contribution in [0.25, 0.3) is 0 Å². The molecule has 0 atom stereocenters. The molecule has 2 heterocycles. The van der Waals surface area contributed by atoms with Crippen molar-refractivity contribution in [3.63, 3.8) is 0 Å². The number of halogens is 2. The van der Waals surface area contributed by atoms with Gasteiger partial charge >= 0.3 is 6.09 Å². The molecule has 0 saturated heterocycles. The van der Waals surface area contributed by atoms with E-state index in [9.17, 15) is 13.6 Å². The van der Waals surface area contributed by atoms with Gasteiger partial charge < -0.3 is 15.2 Å². The second-order valence-electron chi connectivity index (χ2n) is 7.59. The number of hydrogen-bond acceptors (Lipinski definition) is 6. The van der Waals surface area contributed by atoms with Crippen LogP contribution in [-0.2, 0) is 12.1 Å². The maximum absolute atomic E-state index is 14.5. The molecule has 1 aromatic heterocycles. The lowest BCUT2D eigenvalue weighted by atomic mass is 9.69. The number of rotatable bonds is 4. The van der Waals surface area contributed by atoms with Gasteiger partial charge in [0.25, 0.3) is 0 Å². The summed E-state index contributed by atoms with van der Waals surface area (Å²) in [5.74, 6) is -0.524. The van der Waals surface area contributed by atoms with Gasteiger partial charge in [-0.25, -0.2) is 13.6 Å². The highest BCUT2D eigenvalue weighted by atomic mass is 19.1. The summed E-state index contributed by atoms with van der Waals surface area (Å²) < 4.78 is 40.0. The van der Waals surface area contributed by atoms with Gasteiger partial charge in [0.15, 0.2) is 5.82 Å². The zero-order valence-electron chi connectivity index (χ0n) is 18.3. The van der Waals surface area contributed by atoms with E-state index in [4.69, 9.17) is 15.2 Å². The Kier molecular flexibility index (Phi) is 6.13. The Morgan fingerprint density at radius 1 is 1.21 bits per heavy atom. The van der Waals surface area contributed by atoms with E-state index in [1.54, 1.807) is 24.3 Å². The minimum absolute atomic E-state index is 0. The molecule has 1 saturated carbocycles. The fraction of sp³-hybridized carbons (Fsp3) is 0.292. The molecular weight excluding hydrogens is 430 g/mol. The zero-order valence-corrected chi connectivity index (χ0v) is 18.3. The van der Waals surface area contributed by atoms with Gasteiger partial charge in [0.1, 0.15) is 17.3 Å². The van der Waals surface area contributed by atoms with Crippen LogP contribution < -0.4 is 15.2 Å². The van der Waals surface area contributed by atoms with Gasteiger partial charge in [0.05, 0.1) is 17.8 Å². The van der Waals surface area contributed by atoms with Gasteiger partial charge in [-0.1, -0.05) is 13.8 Å². The summed E-state index contributed by atoms with van der Waals surface area (Å²) in [6, 6.07) is 10.8. The van der Waals surface area contributed by atoms with Crippen LogP contribution in [0.3, 0.4) is 0 Å². The van der Waals surface area contributed by atoms with Crippen molar-refractivity contribution in [3.05, 3.63) is 71.4 Å². The molecule has 1 aliphatic carbocycles. The predicted molar refractivity (Wildman–Crippen MR) is 120 cm³/mol. The SMILES string of the molecule is CC.Nc1ccc(F)c(CN2C(=O)Oc3cc(Oc4cccnn4)ccc3C23CCC3)c1F.[HH]. The van der Waals surface area contributed by atoms with E-state index in [2.05, 4.69) is 10.2 Å². The molecule has 0 unspecified atom stereocenters. The first-order valence-electron chi connectivity index (χ1n) is 10.8. The van der Waals surface area contributed by atoms with Gasteiger partial charge in [-0.2, -0.15) is 5.10 Å². The minimum atomic E-state index is -0.860. The first-order chi connectivity index (χ1) is 16.0. The van der Waals surface area contributed by atoms with E-state index < -0.39 is 23.3 Å². The molecule has 1 fully saturated rings. The lowest BCUT2D eigenvalue weighted by molar-refractivity contribution is 0.000574. The number of ether oxygens (including phenoxy) is 2. The van der Waals surface area contributed by atoms with Crippen molar-refractivity contribution in [2.24, 2.45) is 0 Å². The van der Waals surface area contributed by atoms with Crippen molar-refractivity contribution in [1.29, 1.82) is 0 Å². The molecule has 1 spiro atoms. The first kappa shape index (κ1) is 22.4. The van der Waals surface area contributed by atoms with Crippen molar-refractivity contribution in [2.75, 3.05) is 5.73 Å². The fourth-order valence-electron chi connectivity index (χ4n) is 4.15. The Hall–Kier alpha value is -3.75. The van der Waals surface area contributed by atoms with E-state index in [1.807, 2.05) is 19.9 Å². The van der Waals surface area contributed by atoms with E-state index >= 15 is 0 Å². The third kappa shape index (κ3) is 3.94. The maximum Gasteiger partial charge on any atom is 0.416 e. The molecule has 2 N–H and O–H groups in total. The summed E-state index contributed by atoms with van der Waals surface area (Å²) in [6.45, 7) is 3.72. The van der Waals surface area contributed by atoms with Crippen LogP contribution in [0.5, 0.6) is 17.4 Å². The number of fused-ring (bicyclic) bond motifs is 2. The Bertz CT molecular complexity index is 1180. The van der Waals surface area contributed by atoms with Crippen LogP contribution in [0.1, 0.15) is 45.7 Å². The highest BCUT2D eigenvalue weighted by Gasteiger charge is 2.52. The molecule has 2 aliphatic rings. The summed E-state index contributed by atoms with van der Waals surface area (Å²) in [7, 11) is 0. The molecule has 0 bridgehead atoms. The normalized spacial score (nSPS) is 15.6. The predicted octanol–water partition coefficient (Wildman–Crippen LogP) is 5.80. The first-order valence-corrected chi connectivity index (χ1v) is 10.8. The maximum atomic E-state index is 14.5. The Balaban J connectivity index is 0.00000105. The number of amides is 1. The van der Waals surface area contributed by atoms with Crippen molar-refractivity contribution >= 4 is 11.8 Å². The summed E-state index contributed by atoms with van der Waals surface area (Å²) in [5.41, 5.74) is 5.25. The number of nitrogens with zero attached hydrogens (tertiary/aromatic N) is 3. The highest BCUT2D eigenvalue weighted by molar-refractivity contribution is 5.76. The van der Waals surface area contributed by atoms with Crippen LogP contribution in [0, 0.1) is 11.6 Å². The molecule has 3 aromatic rings. The molecule has 1 amide bonds. The molecule has 5 rings (SSSR count). The number of nitrogens with two attached hydrogens (primary N) is 1. The molecule has 174 valence electrons. The van der Waals surface area contributed by atoms with Crippen LogP contribution >= 0.6 is 0 Å². The van der Waals surface area contributed by atoms with Gasteiger partial charge in [-0.15, -0.1) is 5.10 Å². The second kappa shape index (κ2) is 9.01. The molecular formula is C24H26F2N4O3. The van der Waals surface area contributed by atoms with Crippen molar-refractivity contribution in [3.8, 4) is 17.4 Å². The Morgan fingerprint density at radius 2 is 2.00 bits per heavy atom. The highest BCUT2D eigenvalue weighted by Crippen LogP contribution is 2.53. The standard InChI is InChI=1S/C22H18F2N4O3.C2H6.H2/c23-16-6-7-17(25)20(24)14(16)12-28-21(29)31-18-11-13(30-19-3-1-10-26-27-19)4-5-15(18)22(28)8-2-9-22;1-2;/h1,3-7,10-11H,2,8-9,12,25H2;1-2H3;1H. The number of nitrogen functional groups attached to an aromatic ring is 1. The lowest BCUT2D eigenvalue weighted by Gasteiger charge is -2.52. The van der Waals surface area contributed by atoms with Crippen molar-refractivity contribution < 1.29 is 24.5 Å². The van der Waals surface area contributed by atoms with Gasteiger partial charge in [0.2, 0.25) is 5.88 Å². The average Bonchev–Trinajstić information content (AvgIpc) is 2.80. The number of carbonyl (C=O) groups excluding carboxylic acids is 1. The van der Waals surface area contributed by atoms with E-state index in [-0.39, 0.29) is 19.2 Å². The fourth-order valence-corrected chi connectivity index (χ4v) is 4.15. The van der Waals surface area contributed by atoms with Gasteiger partial charge in [0, 0.05) is 30.9 Å². The summed E-state index contributed by atoms with van der Waals surface area (Å²) in [6.07, 6.45) is 3.05. The lowest BCUT2D eigenvalue weighted by Crippen LogP contribution is -2.57. The minimum Gasteiger partial charge on any atom is -0.437 e. The monoisotopic (exact) mass is 456 g/mol. The Morgan fingerprint density at radius 3 is 2.67 bits per heavy atom. The van der Waals surface area contributed by atoms with E-state index in [1.165, 1.54) is 11.1 Å². The van der Waals surface area contributed by atoms with Crippen molar-refractivity contribution in [2.45, 2.75) is 45.2 Å². The third-order valence-corrected chi connectivity index (χ3v) is 5.87. The molecule has 1 aliphatic heterocycles. The van der Waals surface area contributed by atoms with Gasteiger partial charge in [-0.3, -0.25) is 4.90 Å². The van der Waals surface area contributed by atoms with Crippen LogP contribution in [0.15, 0.2) is 48.7 Å². The molecule has 2 aromatic carbocycles. The molecule has 9 heteroatoms. The van der Waals surface area contributed by atoms with Crippen LogP contribution in [0.4, 0.5) is 19.3 Å². The third-order valence-electron chi connectivity index (χ3n) is 5.87. The average molecular weight is 456 g/mol. The van der Waals surface area contributed by atoms with Crippen molar-refractivity contribution in [1.82, 2.24) is 15.1 Å². The number of benzene rings is 2. The number of aromatic nitrogens is 2. The quantitative estimate of drug-likeness (QED) is 0.499. The molecule has 0 radical (unpaired) electrons. The van der Waals surface area contributed by atoms with Gasteiger partial charge in [-0.05, 0) is 49.6 Å². The van der Waals surface area contributed by atoms with E-state index in [0.29, 0.717) is 30.2 Å².